The number of aromatic nitrogens is 1. The Morgan fingerprint density at radius 1 is 1.39 bits per heavy atom. The lowest BCUT2D eigenvalue weighted by Gasteiger charge is -2.16. The number of aryl methyl sites for hydroxylation is 1. The molecule has 1 aromatic heterocycles. The highest BCUT2D eigenvalue weighted by atomic mass is 127. The molecule has 0 amide bonds. The van der Waals surface area contributed by atoms with Crippen LogP contribution in [0, 0.1) is 6.92 Å². The number of hydrogen-bond acceptors (Lipinski definition) is 5. The Kier molecular flexibility index (Phi) is 8.23. The minimum Gasteiger partial charge on any atom is -0.462 e. The van der Waals surface area contributed by atoms with Crippen molar-refractivity contribution in [1.82, 2.24) is 15.6 Å². The predicted octanol–water partition coefficient (Wildman–Crippen LogP) is 4.03. The Balaban J connectivity index is 0.00000280. The summed E-state index contributed by atoms with van der Waals surface area (Å²) >= 11 is 1.37. The van der Waals surface area contributed by atoms with Gasteiger partial charge >= 0.3 is 5.97 Å². The maximum Gasteiger partial charge on any atom is 0.350 e. The molecule has 1 aromatic carbocycles. The first-order chi connectivity index (χ1) is 13.0. The first kappa shape index (κ1) is 22.6. The summed E-state index contributed by atoms with van der Waals surface area (Å²) in [5.74, 6) is 0.964. The molecule has 0 radical (unpaired) electrons. The normalized spacial score (nSPS) is 19.4. The van der Waals surface area contributed by atoms with E-state index in [2.05, 4.69) is 44.9 Å². The maximum atomic E-state index is 12.0. The van der Waals surface area contributed by atoms with Crippen molar-refractivity contribution in [3.05, 3.63) is 51.5 Å². The smallest absolute Gasteiger partial charge is 0.350 e. The lowest BCUT2D eigenvalue weighted by atomic mass is 10.1. The zero-order valence-corrected chi connectivity index (χ0v) is 19.7. The molecule has 1 fully saturated rings. The summed E-state index contributed by atoms with van der Waals surface area (Å²) in [7, 11) is 1.76. The van der Waals surface area contributed by atoms with Crippen LogP contribution in [0.3, 0.4) is 0 Å². The number of nitrogens with one attached hydrogen (secondary N) is 2. The van der Waals surface area contributed by atoms with Crippen molar-refractivity contribution in [1.29, 1.82) is 0 Å². The van der Waals surface area contributed by atoms with Crippen molar-refractivity contribution in [2.24, 2.45) is 4.99 Å². The van der Waals surface area contributed by atoms with Crippen molar-refractivity contribution in [3.8, 4) is 0 Å². The molecule has 2 N–H and O–H groups in total. The molecular formula is C20H27IN4O2S. The van der Waals surface area contributed by atoms with E-state index in [1.165, 1.54) is 16.9 Å². The zero-order valence-electron chi connectivity index (χ0n) is 16.6. The van der Waals surface area contributed by atoms with Crippen LogP contribution < -0.4 is 10.6 Å². The summed E-state index contributed by atoms with van der Waals surface area (Å²) in [6.07, 6.45) is 1.10. The van der Waals surface area contributed by atoms with E-state index in [9.17, 15) is 4.79 Å². The van der Waals surface area contributed by atoms with Crippen LogP contribution in [-0.4, -0.2) is 36.6 Å². The van der Waals surface area contributed by atoms with Gasteiger partial charge in [0.25, 0.3) is 0 Å². The standard InChI is InChI=1S/C20H26N4O2S.HI/c1-5-26-19(25)17-12(2)22-18(27-17)13(3)23-20(21-4)24-16-11-15(16)14-9-7-6-8-10-14;/h6-10,13,15-16H,5,11H2,1-4H3,(H2,21,23,24);1H. The van der Waals surface area contributed by atoms with Gasteiger partial charge in [-0.15, -0.1) is 35.3 Å². The van der Waals surface area contributed by atoms with Crippen LogP contribution in [0.4, 0.5) is 0 Å². The van der Waals surface area contributed by atoms with Gasteiger partial charge in [-0.25, -0.2) is 9.78 Å². The molecule has 0 saturated heterocycles. The number of carbonyl (C=O) groups excluding carboxylic acids is 1. The molecule has 28 heavy (non-hydrogen) atoms. The second-order valence-electron chi connectivity index (χ2n) is 6.63. The number of halogens is 1. The second kappa shape index (κ2) is 10.2. The second-order valence-corrected chi connectivity index (χ2v) is 7.66. The van der Waals surface area contributed by atoms with Crippen LogP contribution >= 0.6 is 35.3 Å². The number of ether oxygens (including phenoxy) is 1. The Morgan fingerprint density at radius 3 is 2.75 bits per heavy atom. The van der Waals surface area contributed by atoms with Crippen molar-refractivity contribution >= 4 is 47.2 Å². The van der Waals surface area contributed by atoms with Crippen LogP contribution in [0.5, 0.6) is 0 Å². The van der Waals surface area contributed by atoms with Gasteiger partial charge in [-0.3, -0.25) is 4.99 Å². The predicted molar refractivity (Wildman–Crippen MR) is 124 cm³/mol. The van der Waals surface area contributed by atoms with Gasteiger partial charge in [-0.2, -0.15) is 0 Å². The number of guanidine groups is 1. The third-order valence-corrected chi connectivity index (χ3v) is 5.88. The molecule has 6 nitrogen and oxygen atoms in total. The number of nitrogens with zero attached hydrogens (tertiary/aromatic N) is 2. The van der Waals surface area contributed by atoms with Gasteiger partial charge in [-0.05, 0) is 32.8 Å². The largest absolute Gasteiger partial charge is 0.462 e. The molecule has 0 aliphatic heterocycles. The first-order valence-electron chi connectivity index (χ1n) is 9.22. The molecule has 1 heterocycles. The van der Waals surface area contributed by atoms with Crippen LogP contribution in [0.1, 0.15) is 58.2 Å². The summed E-state index contributed by atoms with van der Waals surface area (Å²) in [4.78, 5) is 21.4. The van der Waals surface area contributed by atoms with Crippen molar-refractivity contribution in [3.63, 3.8) is 0 Å². The van der Waals surface area contributed by atoms with E-state index < -0.39 is 0 Å². The first-order valence-corrected chi connectivity index (χ1v) is 10.0. The quantitative estimate of drug-likeness (QED) is 0.264. The van der Waals surface area contributed by atoms with Crippen molar-refractivity contribution in [2.45, 2.75) is 45.2 Å². The lowest BCUT2D eigenvalue weighted by molar-refractivity contribution is 0.0531. The molecule has 0 spiro atoms. The van der Waals surface area contributed by atoms with E-state index in [4.69, 9.17) is 4.74 Å². The third kappa shape index (κ3) is 5.44. The monoisotopic (exact) mass is 514 g/mol. The summed E-state index contributed by atoms with van der Waals surface area (Å²) in [6.45, 7) is 6.01. The third-order valence-electron chi connectivity index (χ3n) is 4.56. The molecule has 0 bridgehead atoms. The highest BCUT2D eigenvalue weighted by Crippen LogP contribution is 2.40. The number of aliphatic imine (C=N–C) groups is 1. The minimum atomic E-state index is -0.308. The van der Waals surface area contributed by atoms with Gasteiger partial charge in [-0.1, -0.05) is 30.3 Å². The fourth-order valence-electron chi connectivity index (χ4n) is 3.02. The van der Waals surface area contributed by atoms with Crippen molar-refractivity contribution in [2.75, 3.05) is 13.7 Å². The Hall–Kier alpha value is -1.68. The summed E-state index contributed by atoms with van der Waals surface area (Å²) in [5.41, 5.74) is 2.06. The number of esters is 1. The molecule has 152 valence electrons. The molecule has 2 aromatic rings. The molecule has 1 aliphatic carbocycles. The average molecular weight is 514 g/mol. The number of rotatable bonds is 6. The highest BCUT2D eigenvalue weighted by Gasteiger charge is 2.39. The van der Waals surface area contributed by atoms with Crippen LogP contribution in [0.15, 0.2) is 35.3 Å². The Morgan fingerprint density at radius 2 is 2.11 bits per heavy atom. The maximum absolute atomic E-state index is 12.0. The molecular weight excluding hydrogens is 487 g/mol. The zero-order chi connectivity index (χ0) is 19.4. The van der Waals surface area contributed by atoms with Gasteiger partial charge < -0.3 is 15.4 Å². The number of thiazole rings is 1. The topological polar surface area (TPSA) is 75.6 Å². The fraction of sp³-hybridized carbons (Fsp3) is 0.450. The van der Waals surface area contributed by atoms with E-state index in [0.717, 1.165) is 17.4 Å². The van der Waals surface area contributed by atoms with Gasteiger partial charge in [0.2, 0.25) is 0 Å². The molecule has 8 heteroatoms. The lowest BCUT2D eigenvalue weighted by Crippen LogP contribution is -2.40. The van der Waals surface area contributed by atoms with Gasteiger partial charge in [0.15, 0.2) is 5.96 Å². The highest BCUT2D eigenvalue weighted by molar-refractivity contribution is 14.0. The van der Waals surface area contributed by atoms with Gasteiger partial charge in [0.1, 0.15) is 9.88 Å². The number of benzene rings is 1. The Labute approximate surface area is 187 Å². The SMILES string of the molecule is CCOC(=O)c1sc(C(C)NC(=NC)NC2CC2c2ccccc2)nc1C.I. The molecule has 1 aliphatic rings. The molecule has 3 atom stereocenters. The summed E-state index contributed by atoms with van der Waals surface area (Å²) < 4.78 is 5.09. The van der Waals surface area contributed by atoms with E-state index in [-0.39, 0.29) is 36.0 Å². The van der Waals surface area contributed by atoms with E-state index in [1.807, 2.05) is 19.9 Å². The van der Waals surface area contributed by atoms with Crippen LogP contribution in [-0.2, 0) is 4.74 Å². The molecule has 1 saturated carbocycles. The van der Waals surface area contributed by atoms with Crippen LogP contribution in [0.25, 0.3) is 0 Å². The minimum absolute atomic E-state index is 0. The summed E-state index contributed by atoms with van der Waals surface area (Å²) in [5, 5.41) is 7.69. The van der Waals surface area contributed by atoms with Crippen LogP contribution in [0.2, 0.25) is 0 Å². The number of hydrogen-bond donors (Lipinski definition) is 2. The van der Waals surface area contributed by atoms with E-state index >= 15 is 0 Å². The Bertz CT molecular complexity index is 825. The van der Waals surface area contributed by atoms with E-state index in [0.29, 0.717) is 29.1 Å². The van der Waals surface area contributed by atoms with E-state index in [1.54, 1.807) is 14.0 Å². The molecule has 3 unspecified atom stereocenters. The fourth-order valence-corrected chi connectivity index (χ4v) is 3.99. The van der Waals surface area contributed by atoms with Crippen molar-refractivity contribution < 1.29 is 9.53 Å². The van der Waals surface area contributed by atoms with Gasteiger partial charge in [0.05, 0.1) is 18.3 Å². The average Bonchev–Trinajstić information content (AvgIpc) is 3.33. The molecule has 3 rings (SSSR count). The number of carbonyl (C=O) groups is 1. The summed E-state index contributed by atoms with van der Waals surface area (Å²) in [6, 6.07) is 10.9. The van der Waals surface area contributed by atoms with Gasteiger partial charge in [0, 0.05) is 19.0 Å².